The Labute approximate surface area is 274 Å². The van der Waals surface area contributed by atoms with Gasteiger partial charge in [0.05, 0.1) is 11.1 Å². The SMILES string of the molecule is CNC(=O)c1cc(Nc2nccc(NCc3ccc(NC(=O)Nc4cc(F)cc(C(F)(F)F)c4)cc3)n2)ccc1OCCN1CCCC1. The molecule has 4 aromatic rings. The van der Waals surface area contributed by atoms with Gasteiger partial charge in [0.1, 0.15) is 24.0 Å². The molecular formula is C33H34F4N8O3. The number of hydrogen-bond acceptors (Lipinski definition) is 8. The second-order valence-electron chi connectivity index (χ2n) is 10.9. The van der Waals surface area contributed by atoms with Crippen molar-refractivity contribution in [2.24, 2.45) is 0 Å². The number of anilines is 5. The van der Waals surface area contributed by atoms with Crippen LogP contribution in [-0.4, -0.2) is 60.1 Å². The third-order valence-electron chi connectivity index (χ3n) is 7.40. The molecule has 0 saturated carbocycles. The number of nitrogens with zero attached hydrogens (tertiary/aromatic N) is 3. The van der Waals surface area contributed by atoms with E-state index in [1.807, 2.05) is 0 Å². The third-order valence-corrected chi connectivity index (χ3v) is 7.40. The average molecular weight is 667 g/mol. The minimum Gasteiger partial charge on any atom is -0.491 e. The predicted octanol–water partition coefficient (Wildman–Crippen LogP) is 6.47. The summed E-state index contributed by atoms with van der Waals surface area (Å²) in [6.45, 7) is 3.78. The smallest absolute Gasteiger partial charge is 0.416 e. The molecule has 0 atom stereocenters. The number of likely N-dealkylation sites (tertiary alicyclic amines) is 1. The summed E-state index contributed by atoms with van der Waals surface area (Å²) >= 11 is 0. The Bertz CT molecular complexity index is 1730. The first kappa shape index (κ1) is 33.9. The molecule has 0 bridgehead atoms. The topological polar surface area (TPSA) is 133 Å². The van der Waals surface area contributed by atoms with Gasteiger partial charge in [-0.1, -0.05) is 12.1 Å². The summed E-state index contributed by atoms with van der Waals surface area (Å²) in [6, 6.07) is 14.6. The molecule has 3 aromatic carbocycles. The van der Waals surface area contributed by atoms with E-state index in [1.54, 1.807) is 61.8 Å². The highest BCUT2D eigenvalue weighted by molar-refractivity contribution is 6.00. The number of carbonyl (C=O) groups is 2. The molecule has 48 heavy (non-hydrogen) atoms. The van der Waals surface area contributed by atoms with E-state index < -0.39 is 23.6 Å². The van der Waals surface area contributed by atoms with Crippen molar-refractivity contribution < 1.29 is 31.9 Å². The number of urea groups is 1. The second kappa shape index (κ2) is 15.4. The summed E-state index contributed by atoms with van der Waals surface area (Å²) < 4.78 is 58.4. The van der Waals surface area contributed by atoms with E-state index in [1.165, 1.54) is 12.8 Å². The lowest BCUT2D eigenvalue weighted by atomic mass is 10.1. The summed E-state index contributed by atoms with van der Waals surface area (Å²) in [7, 11) is 1.56. The molecular weight excluding hydrogens is 632 g/mol. The second-order valence-corrected chi connectivity index (χ2v) is 10.9. The van der Waals surface area contributed by atoms with Crippen LogP contribution in [0.4, 0.5) is 51.2 Å². The maximum atomic E-state index is 13.6. The minimum absolute atomic E-state index is 0.279. The predicted molar refractivity (Wildman–Crippen MR) is 174 cm³/mol. The van der Waals surface area contributed by atoms with Crippen molar-refractivity contribution >= 4 is 40.8 Å². The molecule has 0 radical (unpaired) electrons. The zero-order valence-corrected chi connectivity index (χ0v) is 26.0. The normalized spacial score (nSPS) is 13.1. The van der Waals surface area contributed by atoms with Crippen LogP contribution in [0.15, 0.2) is 72.9 Å². The first-order valence-corrected chi connectivity index (χ1v) is 15.2. The third kappa shape index (κ3) is 9.54. The fourth-order valence-corrected chi connectivity index (χ4v) is 5.00. The highest BCUT2D eigenvalue weighted by atomic mass is 19.4. The Morgan fingerprint density at radius 2 is 1.65 bits per heavy atom. The standard InChI is InChI=1S/C33H34F4N8O3/c1-38-30(46)27-19-25(8-9-28(27)48-15-14-45-12-2-3-13-45)41-31-39-11-10-29(44-31)40-20-21-4-6-24(7-5-21)42-32(47)43-26-17-22(33(35,36)37)16-23(34)18-26/h4-11,16-19H,2-3,12-15,20H2,1H3,(H,38,46)(H2,42,43,47)(H2,39,40,41,44). The van der Waals surface area contributed by atoms with E-state index in [0.717, 1.165) is 31.3 Å². The van der Waals surface area contributed by atoms with Gasteiger partial charge in [-0.2, -0.15) is 18.2 Å². The zero-order valence-electron chi connectivity index (χ0n) is 26.0. The van der Waals surface area contributed by atoms with Crippen LogP contribution in [0.2, 0.25) is 0 Å². The summed E-state index contributed by atoms with van der Waals surface area (Å²) in [5, 5.41) is 13.7. The van der Waals surface area contributed by atoms with E-state index in [-0.39, 0.29) is 11.6 Å². The summed E-state index contributed by atoms with van der Waals surface area (Å²) in [5.41, 5.74) is 0.654. The molecule has 1 aliphatic heterocycles. The maximum absolute atomic E-state index is 13.6. The van der Waals surface area contributed by atoms with Crippen molar-refractivity contribution in [2.75, 3.05) is 54.6 Å². The summed E-state index contributed by atoms with van der Waals surface area (Å²) in [6.07, 6.45) is -0.788. The van der Waals surface area contributed by atoms with E-state index in [9.17, 15) is 27.2 Å². The molecule has 2 heterocycles. The highest BCUT2D eigenvalue weighted by Gasteiger charge is 2.31. The number of ether oxygens (including phenoxy) is 1. The number of carbonyl (C=O) groups excluding carboxylic acids is 2. The lowest BCUT2D eigenvalue weighted by molar-refractivity contribution is -0.137. The van der Waals surface area contributed by atoms with Crippen LogP contribution in [-0.2, 0) is 12.7 Å². The number of benzene rings is 3. The molecule has 0 aliphatic carbocycles. The van der Waals surface area contributed by atoms with Gasteiger partial charge in [-0.3, -0.25) is 9.69 Å². The van der Waals surface area contributed by atoms with Crippen LogP contribution >= 0.6 is 0 Å². The van der Waals surface area contributed by atoms with Gasteiger partial charge >= 0.3 is 12.2 Å². The van der Waals surface area contributed by atoms with Crippen LogP contribution in [0.5, 0.6) is 5.75 Å². The van der Waals surface area contributed by atoms with Crippen molar-refractivity contribution in [2.45, 2.75) is 25.6 Å². The van der Waals surface area contributed by atoms with E-state index >= 15 is 0 Å². The zero-order chi connectivity index (χ0) is 34.1. The van der Waals surface area contributed by atoms with Crippen LogP contribution in [0.25, 0.3) is 0 Å². The molecule has 3 amide bonds. The number of alkyl halides is 3. The van der Waals surface area contributed by atoms with Crippen LogP contribution in [0, 0.1) is 5.82 Å². The summed E-state index contributed by atoms with van der Waals surface area (Å²) in [4.78, 5) is 36.0. The Balaban J connectivity index is 1.14. The molecule has 5 N–H and O–H groups in total. The van der Waals surface area contributed by atoms with Crippen molar-refractivity contribution in [3.05, 3.63) is 95.4 Å². The molecule has 0 spiro atoms. The Morgan fingerprint density at radius 1 is 0.917 bits per heavy atom. The number of aromatic nitrogens is 2. The van der Waals surface area contributed by atoms with Crippen molar-refractivity contribution in [3.63, 3.8) is 0 Å². The molecule has 1 saturated heterocycles. The molecule has 11 nitrogen and oxygen atoms in total. The van der Waals surface area contributed by atoms with Crippen molar-refractivity contribution in [1.82, 2.24) is 20.2 Å². The van der Waals surface area contributed by atoms with Crippen LogP contribution in [0.3, 0.4) is 0 Å². The first-order valence-electron chi connectivity index (χ1n) is 15.2. The van der Waals surface area contributed by atoms with Gasteiger partial charge in [-0.15, -0.1) is 0 Å². The molecule has 1 aromatic heterocycles. The fraction of sp³-hybridized carbons (Fsp3) is 0.273. The van der Waals surface area contributed by atoms with Gasteiger partial charge in [0.25, 0.3) is 5.91 Å². The van der Waals surface area contributed by atoms with Crippen molar-refractivity contribution in [3.8, 4) is 5.75 Å². The lowest BCUT2D eigenvalue weighted by Crippen LogP contribution is -2.26. The van der Waals surface area contributed by atoms with Gasteiger partial charge in [0.15, 0.2) is 0 Å². The van der Waals surface area contributed by atoms with Gasteiger partial charge in [0.2, 0.25) is 5.95 Å². The number of hydrogen-bond donors (Lipinski definition) is 5. The quantitative estimate of drug-likeness (QED) is 0.109. The largest absolute Gasteiger partial charge is 0.491 e. The van der Waals surface area contributed by atoms with E-state index in [2.05, 4.69) is 41.5 Å². The monoisotopic (exact) mass is 666 g/mol. The van der Waals surface area contributed by atoms with Crippen LogP contribution < -0.4 is 31.3 Å². The fourth-order valence-electron chi connectivity index (χ4n) is 5.00. The summed E-state index contributed by atoms with van der Waals surface area (Å²) in [5.74, 6) is -0.0866. The number of halogens is 4. The van der Waals surface area contributed by atoms with Gasteiger partial charge in [-0.05, 0) is 86.1 Å². The Morgan fingerprint density at radius 3 is 2.38 bits per heavy atom. The molecule has 1 fully saturated rings. The van der Waals surface area contributed by atoms with Gasteiger partial charge in [0, 0.05) is 43.4 Å². The van der Waals surface area contributed by atoms with Gasteiger partial charge < -0.3 is 31.3 Å². The van der Waals surface area contributed by atoms with E-state index in [4.69, 9.17) is 4.74 Å². The van der Waals surface area contributed by atoms with Gasteiger partial charge in [-0.25, -0.2) is 14.2 Å². The Kier molecular flexibility index (Phi) is 10.9. The van der Waals surface area contributed by atoms with E-state index in [0.29, 0.717) is 59.7 Å². The number of amides is 3. The number of rotatable bonds is 12. The maximum Gasteiger partial charge on any atom is 0.416 e. The lowest BCUT2D eigenvalue weighted by Gasteiger charge is -2.17. The molecule has 252 valence electrons. The average Bonchev–Trinajstić information content (AvgIpc) is 3.58. The molecule has 0 unspecified atom stereocenters. The molecule has 15 heteroatoms. The minimum atomic E-state index is -4.75. The Hall–Kier alpha value is -5.44. The van der Waals surface area contributed by atoms with Crippen LogP contribution in [0.1, 0.15) is 34.3 Å². The molecule has 1 aliphatic rings. The van der Waals surface area contributed by atoms with Crippen molar-refractivity contribution in [1.29, 1.82) is 0 Å². The first-order chi connectivity index (χ1) is 23.1. The number of nitrogens with one attached hydrogen (secondary N) is 5. The highest BCUT2D eigenvalue weighted by Crippen LogP contribution is 2.32. The molecule has 5 rings (SSSR count).